The molecule has 0 saturated carbocycles. The van der Waals surface area contributed by atoms with Crippen molar-refractivity contribution in [3.05, 3.63) is 0 Å². The molecule has 0 bridgehead atoms. The average Bonchev–Trinajstić information content (AvgIpc) is 1.65. The Morgan fingerprint density at radius 1 is 1.75 bits per heavy atom. The standard InChI is InChI=1S/C5H15N2P/c1-3-7(8)4-5(2)6/h5H,3-4,6,8H2,1-2H3. The maximum Gasteiger partial charge on any atom is 0.0165 e. The molecular weight excluding hydrogens is 119 g/mol. The number of hydrogen-bond acceptors (Lipinski definition) is 2. The summed E-state index contributed by atoms with van der Waals surface area (Å²) in [6.45, 7) is 6.12. The summed E-state index contributed by atoms with van der Waals surface area (Å²) in [5.41, 5.74) is 5.51. The molecule has 0 aromatic rings. The SMILES string of the molecule is CCN(P)CC(C)N. The van der Waals surface area contributed by atoms with Gasteiger partial charge in [0.1, 0.15) is 0 Å². The van der Waals surface area contributed by atoms with Crippen molar-refractivity contribution >= 4 is 9.39 Å². The lowest BCUT2D eigenvalue weighted by molar-refractivity contribution is 0.458. The molecule has 2 unspecified atom stereocenters. The third kappa shape index (κ3) is 4.51. The molecular formula is C5H15N2P. The molecule has 2 N–H and O–H groups in total. The minimum absolute atomic E-state index is 0.285. The Balaban J connectivity index is 3.10. The van der Waals surface area contributed by atoms with E-state index < -0.39 is 0 Å². The second-order valence-corrected chi connectivity index (χ2v) is 2.80. The second kappa shape index (κ2) is 4.25. The van der Waals surface area contributed by atoms with Gasteiger partial charge in [-0.15, -0.1) is 0 Å². The van der Waals surface area contributed by atoms with Crippen LogP contribution >= 0.6 is 9.39 Å². The summed E-state index contributed by atoms with van der Waals surface area (Å²) in [5.74, 6) is 0. The Hall–Kier alpha value is 0.350. The second-order valence-electron chi connectivity index (χ2n) is 2.06. The van der Waals surface area contributed by atoms with Gasteiger partial charge in [0.2, 0.25) is 0 Å². The van der Waals surface area contributed by atoms with Crippen molar-refractivity contribution in [2.24, 2.45) is 5.73 Å². The Bertz CT molecular complexity index is 56.4. The molecule has 0 aromatic carbocycles. The highest BCUT2D eigenvalue weighted by molar-refractivity contribution is 7.13. The van der Waals surface area contributed by atoms with Crippen molar-refractivity contribution in [2.75, 3.05) is 13.1 Å². The molecule has 0 amide bonds. The highest BCUT2D eigenvalue weighted by Gasteiger charge is 1.96. The minimum Gasteiger partial charge on any atom is -0.327 e. The van der Waals surface area contributed by atoms with Gasteiger partial charge in [0.25, 0.3) is 0 Å². The van der Waals surface area contributed by atoms with Crippen LogP contribution in [-0.2, 0) is 0 Å². The molecule has 0 rings (SSSR count). The van der Waals surface area contributed by atoms with Crippen LogP contribution in [0, 0.1) is 0 Å². The van der Waals surface area contributed by atoms with Crippen molar-refractivity contribution in [3.63, 3.8) is 0 Å². The quantitative estimate of drug-likeness (QED) is 0.568. The van der Waals surface area contributed by atoms with Crippen molar-refractivity contribution in [1.82, 2.24) is 4.67 Å². The largest absolute Gasteiger partial charge is 0.327 e. The van der Waals surface area contributed by atoms with E-state index in [-0.39, 0.29) is 6.04 Å². The van der Waals surface area contributed by atoms with Crippen LogP contribution in [0.25, 0.3) is 0 Å². The van der Waals surface area contributed by atoms with Gasteiger partial charge in [0.05, 0.1) is 0 Å². The van der Waals surface area contributed by atoms with E-state index in [1.165, 1.54) is 0 Å². The third-order valence-electron chi connectivity index (χ3n) is 0.929. The van der Waals surface area contributed by atoms with Crippen LogP contribution in [0.4, 0.5) is 0 Å². The molecule has 0 saturated heterocycles. The van der Waals surface area contributed by atoms with Gasteiger partial charge < -0.3 is 5.73 Å². The van der Waals surface area contributed by atoms with Gasteiger partial charge in [-0.3, -0.25) is 4.67 Å². The monoisotopic (exact) mass is 134 g/mol. The zero-order chi connectivity index (χ0) is 6.57. The first-order valence-electron chi connectivity index (χ1n) is 2.92. The lowest BCUT2D eigenvalue weighted by Gasteiger charge is -2.15. The van der Waals surface area contributed by atoms with Crippen LogP contribution < -0.4 is 5.73 Å². The Labute approximate surface area is 53.7 Å². The summed E-state index contributed by atoms with van der Waals surface area (Å²) in [4.78, 5) is 0. The van der Waals surface area contributed by atoms with Crippen molar-refractivity contribution < 1.29 is 0 Å². The van der Waals surface area contributed by atoms with Crippen LogP contribution in [0.1, 0.15) is 13.8 Å². The van der Waals surface area contributed by atoms with Gasteiger partial charge in [0, 0.05) is 12.6 Å². The molecule has 0 fully saturated rings. The number of rotatable bonds is 3. The lowest BCUT2D eigenvalue weighted by Crippen LogP contribution is -2.29. The van der Waals surface area contributed by atoms with Gasteiger partial charge >= 0.3 is 0 Å². The summed E-state index contributed by atoms with van der Waals surface area (Å²) in [6.07, 6.45) is 0. The van der Waals surface area contributed by atoms with Crippen molar-refractivity contribution in [3.8, 4) is 0 Å². The van der Waals surface area contributed by atoms with E-state index in [1.807, 2.05) is 6.92 Å². The molecule has 0 aromatic heterocycles. The predicted octanol–water partition coefficient (Wildman–Crippen LogP) is 0.446. The highest BCUT2D eigenvalue weighted by Crippen LogP contribution is 1.96. The summed E-state index contributed by atoms with van der Waals surface area (Å²) in [6, 6.07) is 0.285. The lowest BCUT2D eigenvalue weighted by atomic mass is 10.4. The topological polar surface area (TPSA) is 29.3 Å². The van der Waals surface area contributed by atoms with E-state index in [2.05, 4.69) is 21.0 Å². The van der Waals surface area contributed by atoms with E-state index in [4.69, 9.17) is 5.73 Å². The number of nitrogens with zero attached hydrogens (tertiary/aromatic N) is 1. The molecule has 0 aliphatic heterocycles. The van der Waals surface area contributed by atoms with E-state index in [1.54, 1.807) is 0 Å². The highest BCUT2D eigenvalue weighted by atomic mass is 31.0. The zero-order valence-corrected chi connectivity index (χ0v) is 6.75. The smallest absolute Gasteiger partial charge is 0.0165 e. The fraction of sp³-hybridized carbons (Fsp3) is 1.00. The van der Waals surface area contributed by atoms with E-state index >= 15 is 0 Å². The third-order valence-corrected chi connectivity index (χ3v) is 1.50. The zero-order valence-electron chi connectivity index (χ0n) is 5.59. The van der Waals surface area contributed by atoms with Gasteiger partial charge in [-0.25, -0.2) is 0 Å². The van der Waals surface area contributed by atoms with Crippen LogP contribution in [0.5, 0.6) is 0 Å². The minimum atomic E-state index is 0.285. The fourth-order valence-corrected chi connectivity index (χ4v) is 0.832. The van der Waals surface area contributed by atoms with Crippen LogP contribution in [0.3, 0.4) is 0 Å². The first kappa shape index (κ1) is 8.35. The first-order chi connectivity index (χ1) is 3.66. The molecule has 3 heteroatoms. The number of nitrogens with two attached hydrogens (primary N) is 1. The summed E-state index contributed by atoms with van der Waals surface area (Å²) >= 11 is 0. The first-order valence-corrected chi connectivity index (χ1v) is 3.43. The molecule has 8 heavy (non-hydrogen) atoms. The van der Waals surface area contributed by atoms with Gasteiger partial charge in [0.15, 0.2) is 0 Å². The van der Waals surface area contributed by atoms with Crippen LogP contribution in [0.2, 0.25) is 0 Å². The Morgan fingerprint density at radius 3 is 2.38 bits per heavy atom. The normalized spacial score (nSPS) is 14.6. The molecule has 0 radical (unpaired) electrons. The molecule has 0 aliphatic rings. The van der Waals surface area contributed by atoms with E-state index in [0.29, 0.717) is 0 Å². The molecule has 2 nitrogen and oxygen atoms in total. The van der Waals surface area contributed by atoms with Gasteiger partial charge in [-0.2, -0.15) is 0 Å². The number of hydrogen-bond donors (Lipinski definition) is 1. The molecule has 0 spiro atoms. The predicted molar refractivity (Wildman–Crippen MR) is 40.6 cm³/mol. The van der Waals surface area contributed by atoms with Crippen LogP contribution in [-0.4, -0.2) is 23.8 Å². The average molecular weight is 134 g/mol. The number of likely N-dealkylation sites (N-methyl/N-ethyl adjacent to an activating group) is 1. The maximum absolute atomic E-state index is 5.51. The molecule has 50 valence electrons. The Morgan fingerprint density at radius 2 is 2.25 bits per heavy atom. The van der Waals surface area contributed by atoms with Gasteiger partial charge in [-0.1, -0.05) is 16.3 Å². The summed E-state index contributed by atoms with van der Waals surface area (Å²) < 4.78 is 2.12. The molecule has 2 atom stereocenters. The maximum atomic E-state index is 5.51. The Kier molecular flexibility index (Phi) is 4.44. The van der Waals surface area contributed by atoms with E-state index in [0.717, 1.165) is 13.1 Å². The van der Waals surface area contributed by atoms with E-state index in [9.17, 15) is 0 Å². The molecule has 0 heterocycles. The van der Waals surface area contributed by atoms with Gasteiger partial charge in [-0.05, 0) is 13.5 Å². The van der Waals surface area contributed by atoms with Crippen molar-refractivity contribution in [2.45, 2.75) is 19.9 Å². The molecule has 0 aliphatic carbocycles. The summed E-state index contributed by atoms with van der Waals surface area (Å²) in [7, 11) is 2.63. The summed E-state index contributed by atoms with van der Waals surface area (Å²) in [5, 5.41) is 0. The van der Waals surface area contributed by atoms with Crippen molar-refractivity contribution in [1.29, 1.82) is 0 Å². The fourth-order valence-electron chi connectivity index (χ4n) is 0.499. The van der Waals surface area contributed by atoms with Crippen LogP contribution in [0.15, 0.2) is 0 Å².